The predicted molar refractivity (Wildman–Crippen MR) is 110 cm³/mol. The molecule has 146 valence electrons. The number of sulfonamides is 1. The van der Waals surface area contributed by atoms with Crippen molar-refractivity contribution < 1.29 is 13.2 Å². The molecule has 0 aromatic heterocycles. The predicted octanol–water partition coefficient (Wildman–Crippen LogP) is 3.73. The van der Waals surface area contributed by atoms with Gasteiger partial charge in [0, 0.05) is 13.0 Å². The van der Waals surface area contributed by atoms with Crippen molar-refractivity contribution in [2.24, 2.45) is 0 Å². The molecule has 1 amide bonds. The molecule has 2 aromatic carbocycles. The number of amides is 1. The van der Waals surface area contributed by atoms with Gasteiger partial charge in [0.25, 0.3) is 0 Å². The smallest absolute Gasteiger partial charge is 0.232 e. The second kappa shape index (κ2) is 9.04. The molecule has 0 heterocycles. The summed E-state index contributed by atoms with van der Waals surface area (Å²) in [5.74, 6) is -0.0826. The fourth-order valence-corrected chi connectivity index (χ4v) is 3.86. The first-order valence-electron chi connectivity index (χ1n) is 9.07. The molecule has 0 saturated heterocycles. The second-order valence-corrected chi connectivity index (χ2v) is 8.88. The molecule has 0 spiro atoms. The Morgan fingerprint density at radius 1 is 1.07 bits per heavy atom. The van der Waals surface area contributed by atoms with E-state index in [4.69, 9.17) is 0 Å². The number of carbonyl (C=O) groups is 1. The van der Waals surface area contributed by atoms with E-state index in [0.29, 0.717) is 12.1 Å². The molecule has 0 radical (unpaired) electrons. The molecule has 0 aliphatic carbocycles. The lowest BCUT2D eigenvalue weighted by molar-refractivity contribution is -0.121. The summed E-state index contributed by atoms with van der Waals surface area (Å²) in [6.07, 6.45) is 1.91. The van der Waals surface area contributed by atoms with Crippen LogP contribution in [0.25, 0.3) is 0 Å². The first-order chi connectivity index (χ1) is 12.7. The molecule has 5 nitrogen and oxygen atoms in total. The maximum absolute atomic E-state index is 12.2. The van der Waals surface area contributed by atoms with Gasteiger partial charge in [-0.1, -0.05) is 42.0 Å². The number of nitrogens with one attached hydrogen (secondary N) is 1. The molecule has 0 fully saturated rings. The molecule has 6 heteroatoms. The molecular formula is C21H28N2O3S. The van der Waals surface area contributed by atoms with E-state index in [9.17, 15) is 13.2 Å². The molecule has 0 bridgehead atoms. The third-order valence-corrected chi connectivity index (χ3v) is 5.60. The van der Waals surface area contributed by atoms with Crippen LogP contribution < -0.4 is 9.62 Å². The van der Waals surface area contributed by atoms with Crippen LogP contribution in [0.2, 0.25) is 0 Å². The second-order valence-electron chi connectivity index (χ2n) is 6.98. The first kappa shape index (κ1) is 21.0. The summed E-state index contributed by atoms with van der Waals surface area (Å²) in [6.45, 7) is 6.16. The van der Waals surface area contributed by atoms with E-state index in [0.717, 1.165) is 11.1 Å². The van der Waals surface area contributed by atoms with Crippen LogP contribution in [0, 0.1) is 13.8 Å². The summed E-state index contributed by atoms with van der Waals surface area (Å²) in [7, 11) is -3.40. The Labute approximate surface area is 162 Å². The monoisotopic (exact) mass is 388 g/mol. The Kier molecular flexibility index (Phi) is 7.02. The summed E-state index contributed by atoms with van der Waals surface area (Å²) >= 11 is 0. The van der Waals surface area contributed by atoms with Gasteiger partial charge in [-0.05, 0) is 50.5 Å². The lowest BCUT2D eigenvalue weighted by Crippen LogP contribution is -2.32. The van der Waals surface area contributed by atoms with E-state index in [1.54, 1.807) is 6.07 Å². The van der Waals surface area contributed by atoms with Gasteiger partial charge in [-0.2, -0.15) is 0 Å². The number of aryl methyl sites for hydroxylation is 2. The molecule has 1 N–H and O–H groups in total. The van der Waals surface area contributed by atoms with Crippen LogP contribution in [0.4, 0.5) is 5.69 Å². The van der Waals surface area contributed by atoms with E-state index >= 15 is 0 Å². The average molecular weight is 389 g/mol. The molecule has 1 atom stereocenters. The highest BCUT2D eigenvalue weighted by Crippen LogP contribution is 2.20. The Balaban J connectivity index is 1.92. The molecule has 2 rings (SSSR count). The fraction of sp³-hybridized carbons (Fsp3) is 0.381. The van der Waals surface area contributed by atoms with Gasteiger partial charge in [0.2, 0.25) is 15.9 Å². The van der Waals surface area contributed by atoms with Gasteiger partial charge in [0.1, 0.15) is 0 Å². The summed E-state index contributed by atoms with van der Waals surface area (Å²) in [5, 5.41) is 2.97. The van der Waals surface area contributed by atoms with Crippen LogP contribution in [-0.4, -0.2) is 27.1 Å². The molecule has 0 aliphatic heterocycles. The molecular weight excluding hydrogens is 360 g/mol. The van der Waals surface area contributed by atoms with E-state index in [1.807, 2.05) is 63.2 Å². The van der Waals surface area contributed by atoms with Crippen molar-refractivity contribution in [2.45, 2.75) is 39.7 Å². The van der Waals surface area contributed by atoms with Crippen LogP contribution in [-0.2, 0) is 14.8 Å². The number of hydrogen-bond acceptors (Lipinski definition) is 3. The standard InChI is InChI=1S/C21H28N2O3S/c1-16-10-12-19(13-11-16)18(3)22-21(24)9-6-14-23(27(4,25)26)20-8-5-7-17(2)15-20/h5,7-8,10-13,15,18H,6,9,14H2,1-4H3,(H,22,24). The zero-order chi connectivity index (χ0) is 20.0. The molecule has 2 aromatic rings. The minimum Gasteiger partial charge on any atom is -0.350 e. The number of anilines is 1. The van der Waals surface area contributed by atoms with Crippen molar-refractivity contribution in [1.82, 2.24) is 5.32 Å². The van der Waals surface area contributed by atoms with Gasteiger partial charge in [0.15, 0.2) is 0 Å². The van der Waals surface area contributed by atoms with Crippen molar-refractivity contribution in [3.63, 3.8) is 0 Å². The van der Waals surface area contributed by atoms with Gasteiger partial charge >= 0.3 is 0 Å². The van der Waals surface area contributed by atoms with Gasteiger partial charge < -0.3 is 5.32 Å². The lowest BCUT2D eigenvalue weighted by Gasteiger charge is -2.23. The third-order valence-electron chi connectivity index (χ3n) is 4.41. The van der Waals surface area contributed by atoms with E-state index in [-0.39, 0.29) is 24.9 Å². The highest BCUT2D eigenvalue weighted by molar-refractivity contribution is 7.92. The number of hydrogen-bond donors (Lipinski definition) is 1. The lowest BCUT2D eigenvalue weighted by atomic mass is 10.1. The summed E-state index contributed by atoms with van der Waals surface area (Å²) < 4.78 is 25.6. The highest BCUT2D eigenvalue weighted by atomic mass is 32.2. The Bertz CT molecular complexity index is 877. The van der Waals surface area contributed by atoms with Crippen LogP contribution in [0.3, 0.4) is 0 Å². The normalized spacial score (nSPS) is 12.4. The minimum atomic E-state index is -3.40. The largest absolute Gasteiger partial charge is 0.350 e. The van der Waals surface area contributed by atoms with Gasteiger partial charge in [-0.25, -0.2) is 8.42 Å². The van der Waals surface area contributed by atoms with Crippen molar-refractivity contribution >= 4 is 21.6 Å². The van der Waals surface area contributed by atoms with Crippen molar-refractivity contribution in [3.05, 3.63) is 65.2 Å². The van der Waals surface area contributed by atoms with Crippen molar-refractivity contribution in [2.75, 3.05) is 17.1 Å². The van der Waals surface area contributed by atoms with Crippen LogP contribution in [0.15, 0.2) is 48.5 Å². The van der Waals surface area contributed by atoms with Crippen molar-refractivity contribution in [1.29, 1.82) is 0 Å². The molecule has 0 aliphatic rings. The number of rotatable bonds is 8. The number of carbonyl (C=O) groups excluding carboxylic acids is 1. The van der Waals surface area contributed by atoms with Gasteiger partial charge in [0.05, 0.1) is 18.0 Å². The van der Waals surface area contributed by atoms with Gasteiger partial charge in [-0.15, -0.1) is 0 Å². The first-order valence-corrected chi connectivity index (χ1v) is 10.9. The summed E-state index contributed by atoms with van der Waals surface area (Å²) in [6, 6.07) is 15.3. The zero-order valence-corrected chi connectivity index (χ0v) is 17.2. The zero-order valence-electron chi connectivity index (χ0n) is 16.4. The summed E-state index contributed by atoms with van der Waals surface area (Å²) in [4.78, 5) is 12.2. The SMILES string of the molecule is Cc1ccc(C(C)NC(=O)CCCN(c2cccc(C)c2)S(C)(=O)=O)cc1. The number of benzene rings is 2. The fourth-order valence-electron chi connectivity index (χ4n) is 2.90. The Morgan fingerprint density at radius 3 is 2.33 bits per heavy atom. The maximum Gasteiger partial charge on any atom is 0.232 e. The van der Waals surface area contributed by atoms with E-state index in [2.05, 4.69) is 5.32 Å². The van der Waals surface area contributed by atoms with Crippen LogP contribution in [0.1, 0.15) is 42.5 Å². The third kappa shape index (κ3) is 6.40. The molecule has 27 heavy (non-hydrogen) atoms. The quantitative estimate of drug-likeness (QED) is 0.749. The highest BCUT2D eigenvalue weighted by Gasteiger charge is 2.18. The average Bonchev–Trinajstić information content (AvgIpc) is 2.58. The van der Waals surface area contributed by atoms with Crippen LogP contribution in [0.5, 0.6) is 0 Å². The Morgan fingerprint density at radius 2 is 1.74 bits per heavy atom. The van der Waals surface area contributed by atoms with E-state index < -0.39 is 10.0 Å². The molecule has 0 saturated carbocycles. The maximum atomic E-state index is 12.2. The Hall–Kier alpha value is -2.34. The van der Waals surface area contributed by atoms with Gasteiger partial charge in [-0.3, -0.25) is 9.10 Å². The van der Waals surface area contributed by atoms with Crippen molar-refractivity contribution in [3.8, 4) is 0 Å². The van der Waals surface area contributed by atoms with Crippen LogP contribution >= 0.6 is 0 Å². The van der Waals surface area contributed by atoms with E-state index in [1.165, 1.54) is 16.1 Å². The minimum absolute atomic E-state index is 0.0825. The number of nitrogens with zero attached hydrogens (tertiary/aromatic N) is 1. The topological polar surface area (TPSA) is 66.5 Å². The molecule has 1 unspecified atom stereocenters. The summed E-state index contributed by atoms with van der Waals surface area (Å²) in [5.41, 5.74) is 3.84.